The van der Waals surface area contributed by atoms with E-state index in [1.165, 1.54) is 0 Å². The van der Waals surface area contributed by atoms with Gasteiger partial charge in [0.2, 0.25) is 0 Å². The van der Waals surface area contributed by atoms with Crippen LogP contribution in [0.4, 0.5) is 15.8 Å². The Morgan fingerprint density at radius 2 is 2.07 bits per heavy atom. The summed E-state index contributed by atoms with van der Waals surface area (Å²) in [6.07, 6.45) is 0.959. The van der Waals surface area contributed by atoms with Gasteiger partial charge in [0, 0.05) is 30.4 Å². The third-order valence-electron chi connectivity index (χ3n) is 2.76. The highest BCUT2D eigenvalue weighted by Gasteiger charge is 2.22. The smallest absolute Gasteiger partial charge is 0.0940 e. The standard InChI is InChI=1S/C11H15FN2/c12-7-9-5-6-14(8-9)11-3-1-10(13)2-4-11/h1-4,9H,5-8,13H2. The number of nitrogen functional groups attached to an aromatic ring is 1. The first kappa shape index (κ1) is 9.31. The minimum atomic E-state index is -0.203. The summed E-state index contributed by atoms with van der Waals surface area (Å²) in [6.45, 7) is 1.59. The van der Waals surface area contributed by atoms with E-state index in [9.17, 15) is 4.39 Å². The lowest BCUT2D eigenvalue weighted by Gasteiger charge is -2.18. The molecule has 0 saturated carbocycles. The maximum absolute atomic E-state index is 12.4. The molecule has 3 heteroatoms. The molecule has 1 saturated heterocycles. The molecule has 0 aliphatic carbocycles. The number of hydrogen-bond acceptors (Lipinski definition) is 2. The molecule has 1 aliphatic rings. The summed E-state index contributed by atoms with van der Waals surface area (Å²) in [5, 5.41) is 0. The van der Waals surface area contributed by atoms with Crippen molar-refractivity contribution in [1.29, 1.82) is 0 Å². The molecule has 0 aromatic heterocycles. The molecule has 1 aromatic carbocycles. The normalized spacial score (nSPS) is 21.5. The second-order valence-electron chi connectivity index (χ2n) is 3.85. The maximum Gasteiger partial charge on any atom is 0.0940 e. The van der Waals surface area contributed by atoms with Gasteiger partial charge in [0.25, 0.3) is 0 Å². The predicted molar refractivity (Wildman–Crippen MR) is 57.1 cm³/mol. The molecule has 76 valence electrons. The van der Waals surface area contributed by atoms with Crippen molar-refractivity contribution in [3.63, 3.8) is 0 Å². The van der Waals surface area contributed by atoms with Crippen molar-refractivity contribution < 1.29 is 4.39 Å². The number of nitrogens with two attached hydrogens (primary N) is 1. The van der Waals surface area contributed by atoms with Gasteiger partial charge in [0.15, 0.2) is 0 Å². The zero-order valence-electron chi connectivity index (χ0n) is 8.12. The first-order valence-corrected chi connectivity index (χ1v) is 4.96. The van der Waals surface area contributed by atoms with Crippen LogP contribution in [-0.2, 0) is 0 Å². The topological polar surface area (TPSA) is 29.3 Å². The van der Waals surface area contributed by atoms with E-state index in [1.54, 1.807) is 0 Å². The second-order valence-corrected chi connectivity index (χ2v) is 3.85. The number of benzene rings is 1. The highest BCUT2D eigenvalue weighted by atomic mass is 19.1. The van der Waals surface area contributed by atoms with E-state index in [2.05, 4.69) is 4.90 Å². The first-order chi connectivity index (χ1) is 6.79. The van der Waals surface area contributed by atoms with Crippen molar-refractivity contribution in [3.05, 3.63) is 24.3 Å². The highest BCUT2D eigenvalue weighted by molar-refractivity contribution is 5.53. The zero-order valence-corrected chi connectivity index (χ0v) is 8.12. The minimum Gasteiger partial charge on any atom is -0.399 e. The quantitative estimate of drug-likeness (QED) is 0.730. The lowest BCUT2D eigenvalue weighted by atomic mass is 10.1. The third-order valence-corrected chi connectivity index (χ3v) is 2.76. The summed E-state index contributed by atoms with van der Waals surface area (Å²) in [4.78, 5) is 2.21. The molecule has 1 heterocycles. The number of rotatable bonds is 2. The fourth-order valence-corrected chi connectivity index (χ4v) is 1.88. The Morgan fingerprint density at radius 3 is 2.64 bits per heavy atom. The van der Waals surface area contributed by atoms with Crippen LogP contribution in [0.25, 0.3) is 0 Å². The van der Waals surface area contributed by atoms with E-state index < -0.39 is 0 Å². The molecule has 14 heavy (non-hydrogen) atoms. The highest BCUT2D eigenvalue weighted by Crippen LogP contribution is 2.24. The molecular weight excluding hydrogens is 179 g/mol. The second kappa shape index (κ2) is 3.86. The average molecular weight is 194 g/mol. The van der Waals surface area contributed by atoms with Crippen LogP contribution in [0.1, 0.15) is 6.42 Å². The van der Waals surface area contributed by atoms with Gasteiger partial charge in [-0.2, -0.15) is 0 Å². The molecule has 2 nitrogen and oxygen atoms in total. The van der Waals surface area contributed by atoms with Crippen LogP contribution in [0.2, 0.25) is 0 Å². The Balaban J connectivity index is 2.06. The predicted octanol–water partition coefficient (Wildman–Crippen LogP) is 2.06. The number of hydrogen-bond donors (Lipinski definition) is 1. The van der Waals surface area contributed by atoms with E-state index in [0.29, 0.717) is 0 Å². The van der Waals surface area contributed by atoms with Crippen LogP contribution in [0.15, 0.2) is 24.3 Å². The van der Waals surface area contributed by atoms with Crippen molar-refractivity contribution in [2.45, 2.75) is 6.42 Å². The van der Waals surface area contributed by atoms with Crippen LogP contribution in [0.5, 0.6) is 0 Å². The molecule has 1 unspecified atom stereocenters. The summed E-state index contributed by atoms with van der Waals surface area (Å²) in [5.41, 5.74) is 7.52. The van der Waals surface area contributed by atoms with Gasteiger partial charge in [-0.15, -0.1) is 0 Å². The SMILES string of the molecule is Nc1ccc(N2CCC(CF)C2)cc1. The molecule has 2 N–H and O–H groups in total. The van der Waals surface area contributed by atoms with Crippen LogP contribution in [0, 0.1) is 5.92 Å². The monoisotopic (exact) mass is 194 g/mol. The van der Waals surface area contributed by atoms with Crippen LogP contribution >= 0.6 is 0 Å². The molecule has 2 rings (SSSR count). The number of anilines is 2. The van der Waals surface area contributed by atoms with Crippen LogP contribution in [-0.4, -0.2) is 19.8 Å². The molecule has 1 fully saturated rings. The van der Waals surface area contributed by atoms with Gasteiger partial charge >= 0.3 is 0 Å². The van der Waals surface area contributed by atoms with Crippen molar-refractivity contribution in [2.24, 2.45) is 5.92 Å². The number of halogens is 1. The van der Waals surface area contributed by atoms with Gasteiger partial charge in [0.1, 0.15) is 0 Å². The first-order valence-electron chi connectivity index (χ1n) is 4.96. The van der Waals surface area contributed by atoms with Gasteiger partial charge in [-0.3, -0.25) is 4.39 Å². The van der Waals surface area contributed by atoms with Gasteiger partial charge in [-0.25, -0.2) is 0 Å². The molecule has 1 aliphatic heterocycles. The van der Waals surface area contributed by atoms with E-state index in [-0.39, 0.29) is 12.6 Å². The molecule has 1 aromatic rings. The minimum absolute atomic E-state index is 0.203. The molecule has 1 atom stereocenters. The van der Waals surface area contributed by atoms with Gasteiger partial charge in [-0.1, -0.05) is 0 Å². The maximum atomic E-state index is 12.4. The fourth-order valence-electron chi connectivity index (χ4n) is 1.88. The summed E-state index contributed by atoms with van der Waals surface area (Å²) in [5.74, 6) is 0.215. The molecule has 0 radical (unpaired) electrons. The fraction of sp³-hybridized carbons (Fsp3) is 0.455. The van der Waals surface area contributed by atoms with Gasteiger partial charge in [-0.05, 0) is 30.7 Å². The van der Waals surface area contributed by atoms with Crippen molar-refractivity contribution in [1.82, 2.24) is 0 Å². The molecule has 0 amide bonds. The lowest BCUT2D eigenvalue weighted by Crippen LogP contribution is -2.19. The van der Waals surface area contributed by atoms with E-state index in [0.717, 1.165) is 30.9 Å². The Bertz CT molecular complexity index is 297. The van der Waals surface area contributed by atoms with Crippen molar-refractivity contribution in [2.75, 3.05) is 30.4 Å². The number of alkyl halides is 1. The average Bonchev–Trinajstić information content (AvgIpc) is 2.67. The van der Waals surface area contributed by atoms with Crippen LogP contribution in [0.3, 0.4) is 0 Å². The largest absolute Gasteiger partial charge is 0.399 e. The van der Waals surface area contributed by atoms with Crippen molar-refractivity contribution in [3.8, 4) is 0 Å². The zero-order chi connectivity index (χ0) is 9.97. The summed E-state index contributed by atoms with van der Waals surface area (Å²) in [7, 11) is 0. The van der Waals surface area contributed by atoms with E-state index in [4.69, 9.17) is 5.73 Å². The lowest BCUT2D eigenvalue weighted by molar-refractivity contribution is 0.385. The molecule has 0 bridgehead atoms. The van der Waals surface area contributed by atoms with E-state index >= 15 is 0 Å². The van der Waals surface area contributed by atoms with Gasteiger partial charge < -0.3 is 10.6 Å². The Labute approximate surface area is 83.5 Å². The third kappa shape index (κ3) is 1.81. The molecular formula is C11H15FN2. The Hall–Kier alpha value is -1.25. The van der Waals surface area contributed by atoms with Crippen molar-refractivity contribution >= 4 is 11.4 Å². The Morgan fingerprint density at radius 1 is 1.36 bits per heavy atom. The summed E-state index contributed by atoms with van der Waals surface area (Å²) in [6, 6.07) is 7.77. The Kier molecular flexibility index (Phi) is 2.57. The molecule has 0 spiro atoms. The summed E-state index contributed by atoms with van der Waals surface area (Å²) < 4.78 is 12.4. The van der Waals surface area contributed by atoms with Crippen LogP contribution < -0.4 is 10.6 Å². The van der Waals surface area contributed by atoms with E-state index in [1.807, 2.05) is 24.3 Å². The van der Waals surface area contributed by atoms with Gasteiger partial charge in [0.05, 0.1) is 6.67 Å². The summed E-state index contributed by atoms with van der Waals surface area (Å²) >= 11 is 0. The number of nitrogens with zero attached hydrogens (tertiary/aromatic N) is 1.